The minimum absolute atomic E-state index is 0.208. The monoisotopic (exact) mass is 331 g/mol. The Hall–Kier alpha value is -2.29. The minimum atomic E-state index is -0.208. The van der Waals surface area contributed by atoms with Gasteiger partial charge in [0.05, 0.1) is 23.3 Å². The summed E-state index contributed by atoms with van der Waals surface area (Å²) in [6, 6.07) is 0.596. The Bertz CT molecular complexity index is 756. The van der Waals surface area contributed by atoms with Gasteiger partial charge in [-0.15, -0.1) is 0 Å². The van der Waals surface area contributed by atoms with E-state index in [0.29, 0.717) is 17.6 Å². The summed E-state index contributed by atoms with van der Waals surface area (Å²) in [6.45, 7) is 5.28. The normalized spacial score (nSPS) is 18.8. The van der Waals surface area contributed by atoms with Gasteiger partial charge in [-0.1, -0.05) is 5.10 Å². The van der Waals surface area contributed by atoms with Crippen molar-refractivity contribution in [1.82, 2.24) is 30.0 Å². The molecule has 1 N–H and O–H groups in total. The van der Waals surface area contributed by atoms with E-state index < -0.39 is 0 Å². The van der Waals surface area contributed by atoms with E-state index in [4.69, 9.17) is 4.74 Å². The van der Waals surface area contributed by atoms with Crippen LogP contribution in [0.15, 0.2) is 0 Å². The van der Waals surface area contributed by atoms with E-state index in [1.54, 1.807) is 4.68 Å². The first-order chi connectivity index (χ1) is 11.6. The molecule has 1 saturated heterocycles. The van der Waals surface area contributed by atoms with Crippen LogP contribution >= 0.6 is 0 Å². The van der Waals surface area contributed by atoms with Gasteiger partial charge in [-0.05, 0) is 50.0 Å². The predicted octanol–water partition coefficient (Wildman–Crippen LogP) is 1.43. The summed E-state index contributed by atoms with van der Waals surface area (Å²) >= 11 is 0. The number of carbonyl (C=O) groups excluding carboxylic acids is 1. The van der Waals surface area contributed by atoms with Crippen LogP contribution < -0.4 is 5.32 Å². The molecule has 3 heterocycles. The number of hydrogen-bond donors (Lipinski definition) is 1. The zero-order chi connectivity index (χ0) is 16.7. The van der Waals surface area contributed by atoms with Crippen LogP contribution in [0.2, 0.25) is 0 Å². The van der Waals surface area contributed by atoms with Crippen molar-refractivity contribution in [2.75, 3.05) is 18.5 Å². The molecule has 128 valence electrons. The molecule has 9 heteroatoms. The van der Waals surface area contributed by atoms with Crippen LogP contribution in [0, 0.1) is 13.8 Å². The molecule has 0 unspecified atom stereocenters. The Balaban J connectivity index is 1.57. The second-order valence-corrected chi connectivity index (χ2v) is 6.47. The van der Waals surface area contributed by atoms with E-state index in [0.717, 1.165) is 50.3 Å². The summed E-state index contributed by atoms with van der Waals surface area (Å²) in [5, 5.41) is 19.0. The molecule has 0 atom stereocenters. The van der Waals surface area contributed by atoms with Crippen LogP contribution in [0.1, 0.15) is 59.5 Å². The number of nitrogens with one attached hydrogen (secondary N) is 1. The third-order valence-electron chi connectivity index (χ3n) is 4.70. The summed E-state index contributed by atoms with van der Waals surface area (Å²) in [7, 11) is 0. The molecule has 2 aromatic rings. The molecule has 4 rings (SSSR count). The van der Waals surface area contributed by atoms with Crippen LogP contribution in [0.3, 0.4) is 0 Å². The number of amides is 1. The van der Waals surface area contributed by atoms with Crippen molar-refractivity contribution in [3.8, 4) is 0 Å². The van der Waals surface area contributed by atoms with Gasteiger partial charge in [0.25, 0.3) is 5.91 Å². The van der Waals surface area contributed by atoms with Crippen molar-refractivity contribution in [3.63, 3.8) is 0 Å². The number of tetrazole rings is 1. The standard InChI is InChI=1S/C15H21N7O2/c1-9-13(10(2)21(18-9)12-5-7-24-8-6-12)14(23)16-15-17-19-20-22(15)11-3-4-11/h11-12H,3-8H2,1-2H3,(H,16,17,20,23). The number of anilines is 1. The van der Waals surface area contributed by atoms with E-state index in [1.807, 2.05) is 18.5 Å². The molecule has 1 amide bonds. The number of carbonyl (C=O) groups is 1. The van der Waals surface area contributed by atoms with Crippen molar-refractivity contribution in [2.24, 2.45) is 0 Å². The smallest absolute Gasteiger partial charge is 0.261 e. The van der Waals surface area contributed by atoms with Gasteiger partial charge in [0.1, 0.15) is 0 Å². The van der Waals surface area contributed by atoms with Gasteiger partial charge in [-0.2, -0.15) is 5.10 Å². The van der Waals surface area contributed by atoms with E-state index in [1.165, 1.54) is 0 Å². The van der Waals surface area contributed by atoms with Crippen LogP contribution in [0.5, 0.6) is 0 Å². The minimum Gasteiger partial charge on any atom is -0.381 e. The summed E-state index contributed by atoms with van der Waals surface area (Å²) in [6.07, 6.45) is 3.94. The van der Waals surface area contributed by atoms with Crippen molar-refractivity contribution >= 4 is 11.9 Å². The third kappa shape index (κ3) is 2.68. The first kappa shape index (κ1) is 15.3. The second kappa shape index (κ2) is 5.97. The van der Waals surface area contributed by atoms with E-state index in [2.05, 4.69) is 25.9 Å². The van der Waals surface area contributed by atoms with Crippen LogP contribution in [-0.4, -0.2) is 49.1 Å². The highest BCUT2D eigenvalue weighted by Gasteiger charge is 2.30. The Morgan fingerprint density at radius 2 is 1.83 bits per heavy atom. The summed E-state index contributed by atoms with van der Waals surface area (Å²) in [5.41, 5.74) is 2.20. The summed E-state index contributed by atoms with van der Waals surface area (Å²) < 4.78 is 9.07. The third-order valence-corrected chi connectivity index (χ3v) is 4.70. The highest BCUT2D eigenvalue weighted by molar-refractivity contribution is 6.05. The molecule has 0 bridgehead atoms. The van der Waals surface area contributed by atoms with E-state index in [-0.39, 0.29) is 11.9 Å². The van der Waals surface area contributed by atoms with Gasteiger partial charge in [0.2, 0.25) is 5.95 Å². The molecule has 1 aliphatic heterocycles. The highest BCUT2D eigenvalue weighted by Crippen LogP contribution is 2.35. The van der Waals surface area contributed by atoms with Gasteiger partial charge in [0, 0.05) is 18.9 Å². The maximum Gasteiger partial charge on any atom is 0.261 e. The molecule has 0 aromatic carbocycles. The second-order valence-electron chi connectivity index (χ2n) is 6.47. The fraction of sp³-hybridized carbons (Fsp3) is 0.667. The topological polar surface area (TPSA) is 99.8 Å². The van der Waals surface area contributed by atoms with Crippen LogP contribution in [-0.2, 0) is 4.74 Å². The zero-order valence-corrected chi connectivity index (χ0v) is 13.9. The lowest BCUT2D eigenvalue weighted by molar-refractivity contribution is 0.0656. The van der Waals surface area contributed by atoms with Crippen molar-refractivity contribution < 1.29 is 9.53 Å². The largest absolute Gasteiger partial charge is 0.381 e. The predicted molar refractivity (Wildman–Crippen MR) is 84.8 cm³/mol. The molecule has 9 nitrogen and oxygen atoms in total. The number of ether oxygens (including phenoxy) is 1. The first-order valence-electron chi connectivity index (χ1n) is 8.38. The lowest BCUT2D eigenvalue weighted by Gasteiger charge is -2.23. The van der Waals surface area contributed by atoms with Crippen molar-refractivity contribution in [2.45, 2.75) is 51.6 Å². The molecule has 2 fully saturated rings. The average molecular weight is 331 g/mol. The Labute approximate surface area is 139 Å². The Morgan fingerprint density at radius 1 is 1.12 bits per heavy atom. The van der Waals surface area contributed by atoms with Gasteiger partial charge >= 0.3 is 0 Å². The van der Waals surface area contributed by atoms with Gasteiger partial charge < -0.3 is 4.74 Å². The molecule has 1 saturated carbocycles. The molecule has 1 aliphatic carbocycles. The van der Waals surface area contributed by atoms with Gasteiger partial charge in [-0.25, -0.2) is 4.68 Å². The number of hydrogen-bond acceptors (Lipinski definition) is 6. The van der Waals surface area contributed by atoms with Gasteiger partial charge in [-0.3, -0.25) is 14.8 Å². The summed E-state index contributed by atoms with van der Waals surface area (Å²) in [4.78, 5) is 12.7. The lowest BCUT2D eigenvalue weighted by Crippen LogP contribution is -2.22. The summed E-state index contributed by atoms with van der Waals surface area (Å²) in [5.74, 6) is 0.195. The van der Waals surface area contributed by atoms with E-state index >= 15 is 0 Å². The zero-order valence-electron chi connectivity index (χ0n) is 13.9. The maximum atomic E-state index is 12.7. The van der Waals surface area contributed by atoms with Crippen molar-refractivity contribution in [1.29, 1.82) is 0 Å². The molecule has 0 spiro atoms. The maximum absolute atomic E-state index is 12.7. The van der Waals surface area contributed by atoms with Crippen LogP contribution in [0.25, 0.3) is 0 Å². The average Bonchev–Trinajstić information content (AvgIpc) is 3.25. The van der Waals surface area contributed by atoms with Gasteiger partial charge in [0.15, 0.2) is 0 Å². The molecule has 2 aromatic heterocycles. The molecule has 2 aliphatic rings. The molecule has 24 heavy (non-hydrogen) atoms. The molecule has 0 radical (unpaired) electrons. The number of rotatable bonds is 4. The SMILES string of the molecule is Cc1nn(C2CCOCC2)c(C)c1C(=O)Nc1nnnn1C1CC1. The fourth-order valence-electron chi connectivity index (χ4n) is 3.28. The Kier molecular flexibility index (Phi) is 3.79. The highest BCUT2D eigenvalue weighted by atomic mass is 16.5. The number of aryl methyl sites for hydroxylation is 1. The van der Waals surface area contributed by atoms with Crippen molar-refractivity contribution in [3.05, 3.63) is 17.0 Å². The first-order valence-corrected chi connectivity index (χ1v) is 8.38. The Morgan fingerprint density at radius 3 is 2.54 bits per heavy atom. The number of aromatic nitrogens is 6. The number of nitrogens with zero attached hydrogens (tertiary/aromatic N) is 6. The molecular formula is C15H21N7O2. The quantitative estimate of drug-likeness (QED) is 0.909. The molecular weight excluding hydrogens is 310 g/mol. The fourth-order valence-corrected chi connectivity index (χ4v) is 3.28. The lowest BCUT2D eigenvalue weighted by atomic mass is 10.1. The van der Waals surface area contributed by atoms with Crippen LogP contribution in [0.4, 0.5) is 5.95 Å². The van der Waals surface area contributed by atoms with E-state index in [9.17, 15) is 4.79 Å².